The Labute approximate surface area is 82.4 Å². The Morgan fingerprint density at radius 2 is 2.43 bits per heavy atom. The van der Waals surface area contributed by atoms with Crippen LogP contribution in [0.3, 0.4) is 0 Å². The fraction of sp³-hybridized carbons (Fsp3) is 0.200. The number of nitrogens with one attached hydrogen (secondary N) is 2. The Morgan fingerprint density at radius 3 is 3.14 bits per heavy atom. The zero-order valence-corrected chi connectivity index (χ0v) is 7.99. The van der Waals surface area contributed by atoms with Gasteiger partial charge < -0.3 is 5.32 Å². The summed E-state index contributed by atoms with van der Waals surface area (Å²) in [6, 6.07) is 4.00. The zero-order chi connectivity index (χ0) is 9.80. The predicted octanol–water partition coefficient (Wildman–Crippen LogP) is 1.73. The van der Waals surface area contributed by atoms with Crippen molar-refractivity contribution in [2.24, 2.45) is 0 Å². The molecule has 0 aromatic carbocycles. The first-order chi connectivity index (χ1) is 6.86. The molecule has 0 bridgehead atoms. The van der Waals surface area contributed by atoms with Crippen molar-refractivity contribution in [1.82, 2.24) is 15.2 Å². The lowest BCUT2D eigenvalue weighted by molar-refractivity contribution is 1.02. The first-order valence-electron chi connectivity index (χ1n) is 4.49. The number of hydrogen-bond acceptors (Lipinski definition) is 3. The Hall–Kier alpha value is -1.84. The second-order valence-electron chi connectivity index (χ2n) is 3.11. The third-order valence-corrected chi connectivity index (χ3v) is 2.08. The van der Waals surface area contributed by atoms with Gasteiger partial charge in [-0.1, -0.05) is 6.07 Å². The van der Waals surface area contributed by atoms with E-state index in [0.29, 0.717) is 0 Å². The summed E-state index contributed by atoms with van der Waals surface area (Å²) < 4.78 is 0. The third-order valence-electron chi connectivity index (χ3n) is 2.08. The molecule has 14 heavy (non-hydrogen) atoms. The molecule has 0 fully saturated rings. The largest absolute Gasteiger partial charge is 0.377 e. The fourth-order valence-electron chi connectivity index (χ4n) is 1.24. The van der Waals surface area contributed by atoms with E-state index in [2.05, 4.69) is 33.5 Å². The summed E-state index contributed by atoms with van der Waals surface area (Å²) >= 11 is 0. The molecule has 0 saturated carbocycles. The number of aryl methyl sites for hydroxylation is 1. The number of nitrogens with zero attached hydrogens (tertiary/aromatic N) is 2. The number of aromatic amines is 1. The van der Waals surface area contributed by atoms with Gasteiger partial charge >= 0.3 is 0 Å². The molecule has 72 valence electrons. The first kappa shape index (κ1) is 8.74. The van der Waals surface area contributed by atoms with Crippen molar-refractivity contribution in [2.75, 3.05) is 5.32 Å². The van der Waals surface area contributed by atoms with Crippen LogP contribution in [0.15, 0.2) is 30.7 Å². The predicted molar refractivity (Wildman–Crippen MR) is 54.9 cm³/mol. The topological polar surface area (TPSA) is 53.6 Å². The van der Waals surface area contributed by atoms with Gasteiger partial charge in [0.2, 0.25) is 0 Å². The third kappa shape index (κ3) is 1.90. The number of H-pyrrole nitrogens is 1. The second-order valence-corrected chi connectivity index (χ2v) is 3.11. The molecule has 0 aliphatic heterocycles. The minimum absolute atomic E-state index is 0.728. The average Bonchev–Trinajstić information content (AvgIpc) is 2.69. The van der Waals surface area contributed by atoms with E-state index in [1.54, 1.807) is 12.4 Å². The van der Waals surface area contributed by atoms with E-state index >= 15 is 0 Å². The molecule has 0 atom stereocenters. The molecule has 0 unspecified atom stereocenters. The van der Waals surface area contributed by atoms with Crippen LogP contribution < -0.4 is 5.32 Å². The maximum atomic E-state index is 4.28. The Morgan fingerprint density at radius 1 is 1.50 bits per heavy atom. The van der Waals surface area contributed by atoms with Crippen molar-refractivity contribution in [2.45, 2.75) is 13.5 Å². The highest BCUT2D eigenvalue weighted by molar-refractivity contribution is 5.38. The van der Waals surface area contributed by atoms with Crippen LogP contribution in [0.4, 0.5) is 5.69 Å². The van der Waals surface area contributed by atoms with E-state index in [0.717, 1.165) is 17.9 Å². The van der Waals surface area contributed by atoms with Crippen molar-refractivity contribution < 1.29 is 0 Å². The summed E-state index contributed by atoms with van der Waals surface area (Å²) in [6.07, 6.45) is 5.37. The number of rotatable bonds is 3. The summed E-state index contributed by atoms with van der Waals surface area (Å²) in [4.78, 5) is 4.28. The van der Waals surface area contributed by atoms with E-state index in [9.17, 15) is 0 Å². The van der Waals surface area contributed by atoms with Gasteiger partial charge in [0.25, 0.3) is 0 Å². The van der Waals surface area contributed by atoms with Gasteiger partial charge in [-0.25, -0.2) is 0 Å². The van der Waals surface area contributed by atoms with Crippen LogP contribution >= 0.6 is 0 Å². The Bertz CT molecular complexity index is 394. The minimum atomic E-state index is 0.728. The quantitative estimate of drug-likeness (QED) is 0.771. The van der Waals surface area contributed by atoms with E-state index in [4.69, 9.17) is 0 Å². The molecule has 0 aliphatic carbocycles. The molecule has 0 saturated heterocycles. The standard InChI is InChI=1S/C10H12N4/c1-8-3-2-4-11-10(8)7-12-9-5-13-14-6-9/h2-6,12H,7H2,1H3,(H,13,14). The Balaban J connectivity index is 2.02. The average molecular weight is 188 g/mol. The lowest BCUT2D eigenvalue weighted by atomic mass is 10.2. The summed E-state index contributed by atoms with van der Waals surface area (Å²) in [6.45, 7) is 2.78. The normalized spacial score (nSPS) is 10.1. The maximum Gasteiger partial charge on any atom is 0.0726 e. The summed E-state index contributed by atoms with van der Waals surface area (Å²) in [5, 5.41) is 9.82. The van der Waals surface area contributed by atoms with Crippen molar-refractivity contribution in [1.29, 1.82) is 0 Å². The van der Waals surface area contributed by atoms with E-state index in [1.165, 1.54) is 5.56 Å². The van der Waals surface area contributed by atoms with E-state index in [-0.39, 0.29) is 0 Å². The zero-order valence-electron chi connectivity index (χ0n) is 7.99. The molecule has 0 radical (unpaired) electrons. The molecule has 0 amide bonds. The molecule has 2 aromatic heterocycles. The first-order valence-corrected chi connectivity index (χ1v) is 4.49. The molecule has 2 heterocycles. The van der Waals surface area contributed by atoms with Crippen molar-refractivity contribution >= 4 is 5.69 Å². The molecule has 0 aliphatic rings. The van der Waals surface area contributed by atoms with Gasteiger partial charge in [0, 0.05) is 12.4 Å². The lowest BCUT2D eigenvalue weighted by Gasteiger charge is -2.04. The second kappa shape index (κ2) is 3.91. The number of aromatic nitrogens is 3. The lowest BCUT2D eigenvalue weighted by Crippen LogP contribution is -2.02. The van der Waals surface area contributed by atoms with Crippen LogP contribution in [0.2, 0.25) is 0 Å². The van der Waals surface area contributed by atoms with Crippen LogP contribution in [0.25, 0.3) is 0 Å². The van der Waals surface area contributed by atoms with Crippen LogP contribution in [0, 0.1) is 6.92 Å². The van der Waals surface area contributed by atoms with Gasteiger partial charge in [-0.15, -0.1) is 0 Å². The smallest absolute Gasteiger partial charge is 0.0726 e. The van der Waals surface area contributed by atoms with Gasteiger partial charge in [-0.3, -0.25) is 10.1 Å². The SMILES string of the molecule is Cc1cccnc1CNc1cn[nH]c1. The van der Waals surface area contributed by atoms with Gasteiger partial charge in [0.05, 0.1) is 24.1 Å². The van der Waals surface area contributed by atoms with E-state index < -0.39 is 0 Å². The highest BCUT2D eigenvalue weighted by Gasteiger charge is 1.98. The summed E-state index contributed by atoms with van der Waals surface area (Å²) in [5.41, 5.74) is 3.24. The van der Waals surface area contributed by atoms with E-state index in [1.807, 2.05) is 12.3 Å². The van der Waals surface area contributed by atoms with Gasteiger partial charge in [-0.2, -0.15) is 5.10 Å². The highest BCUT2D eigenvalue weighted by atomic mass is 15.1. The molecule has 4 nitrogen and oxygen atoms in total. The van der Waals surface area contributed by atoms with Crippen molar-refractivity contribution in [3.8, 4) is 0 Å². The molecular weight excluding hydrogens is 176 g/mol. The molecule has 4 heteroatoms. The number of pyridine rings is 1. The van der Waals surface area contributed by atoms with Gasteiger partial charge in [0.15, 0.2) is 0 Å². The molecule has 2 rings (SSSR count). The fourth-order valence-corrected chi connectivity index (χ4v) is 1.24. The number of hydrogen-bond donors (Lipinski definition) is 2. The van der Waals surface area contributed by atoms with Gasteiger partial charge in [-0.05, 0) is 18.6 Å². The highest BCUT2D eigenvalue weighted by Crippen LogP contribution is 2.07. The maximum absolute atomic E-state index is 4.28. The summed E-state index contributed by atoms with van der Waals surface area (Å²) in [5.74, 6) is 0. The van der Waals surface area contributed by atoms with Crippen LogP contribution in [0.5, 0.6) is 0 Å². The van der Waals surface area contributed by atoms with Gasteiger partial charge in [0.1, 0.15) is 0 Å². The summed E-state index contributed by atoms with van der Waals surface area (Å²) in [7, 11) is 0. The minimum Gasteiger partial charge on any atom is -0.377 e. The molecule has 2 aromatic rings. The molecule has 2 N–H and O–H groups in total. The molecular formula is C10H12N4. The van der Waals surface area contributed by atoms with Crippen LogP contribution in [0.1, 0.15) is 11.3 Å². The van der Waals surface area contributed by atoms with Crippen molar-refractivity contribution in [3.63, 3.8) is 0 Å². The molecule has 0 spiro atoms. The number of anilines is 1. The van der Waals surface area contributed by atoms with Crippen molar-refractivity contribution in [3.05, 3.63) is 42.0 Å². The Kier molecular flexibility index (Phi) is 2.44. The van der Waals surface area contributed by atoms with Crippen LogP contribution in [-0.2, 0) is 6.54 Å². The van der Waals surface area contributed by atoms with Crippen LogP contribution in [-0.4, -0.2) is 15.2 Å². The monoisotopic (exact) mass is 188 g/mol.